The molecule has 0 saturated heterocycles. The lowest BCUT2D eigenvalue weighted by Crippen LogP contribution is -2.23. The third-order valence-corrected chi connectivity index (χ3v) is 5.17. The van der Waals surface area contributed by atoms with Crippen molar-refractivity contribution in [3.8, 4) is 11.5 Å². The second-order valence-corrected chi connectivity index (χ2v) is 7.35. The van der Waals surface area contributed by atoms with Crippen LogP contribution in [0.1, 0.15) is 12.0 Å². The van der Waals surface area contributed by atoms with Crippen molar-refractivity contribution in [2.24, 2.45) is 0 Å². The zero-order chi connectivity index (χ0) is 20.2. The number of thiophene rings is 1. The Morgan fingerprint density at radius 1 is 1.28 bits per heavy atom. The molecule has 1 aromatic carbocycles. The fourth-order valence-corrected chi connectivity index (χ4v) is 3.60. The molecule has 8 heteroatoms. The van der Waals surface area contributed by atoms with E-state index in [9.17, 15) is 9.59 Å². The van der Waals surface area contributed by atoms with E-state index in [4.69, 9.17) is 4.74 Å². The summed E-state index contributed by atoms with van der Waals surface area (Å²) in [6.45, 7) is 2.17. The quantitative estimate of drug-likeness (QED) is 0.523. The molecular formula is C21H18N4O3S. The number of rotatable bonds is 6. The summed E-state index contributed by atoms with van der Waals surface area (Å²) in [6, 6.07) is 10.8. The van der Waals surface area contributed by atoms with Crippen molar-refractivity contribution >= 4 is 33.1 Å². The molecule has 3 heterocycles. The van der Waals surface area contributed by atoms with E-state index < -0.39 is 0 Å². The summed E-state index contributed by atoms with van der Waals surface area (Å²) < 4.78 is 7.26. The number of nitrogens with zero attached hydrogens (tertiary/aromatic N) is 3. The molecule has 0 bridgehead atoms. The number of carbonyl (C=O) groups is 1. The Balaban J connectivity index is 1.38. The Kier molecular flexibility index (Phi) is 5.35. The van der Waals surface area contributed by atoms with E-state index in [0.717, 1.165) is 5.56 Å². The Morgan fingerprint density at radius 2 is 2.17 bits per heavy atom. The molecule has 4 aromatic rings. The molecule has 146 valence electrons. The van der Waals surface area contributed by atoms with Gasteiger partial charge in [0, 0.05) is 24.8 Å². The second kappa shape index (κ2) is 8.24. The van der Waals surface area contributed by atoms with E-state index >= 15 is 0 Å². The third kappa shape index (κ3) is 4.33. The Morgan fingerprint density at radius 3 is 2.97 bits per heavy atom. The number of anilines is 1. The highest BCUT2D eigenvalue weighted by Crippen LogP contribution is 2.26. The van der Waals surface area contributed by atoms with E-state index in [1.54, 1.807) is 36.7 Å². The second-order valence-electron chi connectivity index (χ2n) is 6.45. The van der Waals surface area contributed by atoms with E-state index in [1.807, 2.05) is 24.4 Å². The van der Waals surface area contributed by atoms with Gasteiger partial charge in [-0.25, -0.2) is 4.98 Å². The van der Waals surface area contributed by atoms with Crippen molar-refractivity contribution in [2.45, 2.75) is 19.9 Å². The van der Waals surface area contributed by atoms with Gasteiger partial charge in [-0.15, -0.1) is 11.3 Å². The fraction of sp³-hybridized carbons (Fsp3) is 0.143. The summed E-state index contributed by atoms with van der Waals surface area (Å²) in [4.78, 5) is 33.7. The van der Waals surface area contributed by atoms with Gasteiger partial charge in [0.1, 0.15) is 16.3 Å². The SMILES string of the molecule is Cc1cc(NC(=O)CCn2cnc3sccc3c2=O)ccc1Oc1cccnc1. The van der Waals surface area contributed by atoms with Crippen LogP contribution in [-0.4, -0.2) is 20.4 Å². The first-order chi connectivity index (χ1) is 14.1. The lowest BCUT2D eigenvalue weighted by molar-refractivity contribution is -0.116. The molecule has 0 aliphatic rings. The van der Waals surface area contributed by atoms with Gasteiger partial charge in [0.25, 0.3) is 5.56 Å². The summed E-state index contributed by atoms with van der Waals surface area (Å²) in [5, 5.41) is 5.27. The number of fused-ring (bicyclic) bond motifs is 1. The van der Waals surface area contributed by atoms with Crippen LogP contribution in [0.2, 0.25) is 0 Å². The highest BCUT2D eigenvalue weighted by molar-refractivity contribution is 7.16. The molecule has 0 aliphatic carbocycles. The van der Waals surface area contributed by atoms with Crippen LogP contribution in [0.25, 0.3) is 10.2 Å². The van der Waals surface area contributed by atoms with E-state index in [2.05, 4.69) is 15.3 Å². The van der Waals surface area contributed by atoms with Crippen molar-refractivity contribution in [3.63, 3.8) is 0 Å². The van der Waals surface area contributed by atoms with Gasteiger partial charge in [0.05, 0.1) is 17.9 Å². The van der Waals surface area contributed by atoms with E-state index in [1.165, 1.54) is 22.2 Å². The maximum absolute atomic E-state index is 12.4. The number of hydrogen-bond donors (Lipinski definition) is 1. The molecule has 1 N–H and O–H groups in total. The van der Waals surface area contributed by atoms with Crippen molar-refractivity contribution in [2.75, 3.05) is 5.32 Å². The predicted molar refractivity (Wildman–Crippen MR) is 113 cm³/mol. The van der Waals surface area contributed by atoms with Gasteiger partial charge >= 0.3 is 0 Å². The molecule has 0 aliphatic heterocycles. The van der Waals surface area contributed by atoms with Gasteiger partial charge < -0.3 is 10.1 Å². The summed E-state index contributed by atoms with van der Waals surface area (Å²) in [7, 11) is 0. The highest BCUT2D eigenvalue weighted by atomic mass is 32.1. The molecule has 0 atom stereocenters. The first-order valence-corrected chi connectivity index (χ1v) is 9.89. The average Bonchev–Trinajstić information content (AvgIpc) is 3.20. The van der Waals surface area contributed by atoms with Crippen molar-refractivity contribution < 1.29 is 9.53 Å². The monoisotopic (exact) mass is 406 g/mol. The zero-order valence-electron chi connectivity index (χ0n) is 15.7. The van der Waals surface area contributed by atoms with Crippen LogP contribution in [0.5, 0.6) is 11.5 Å². The molecule has 0 radical (unpaired) electrons. The van der Waals surface area contributed by atoms with Crippen LogP contribution in [-0.2, 0) is 11.3 Å². The maximum atomic E-state index is 12.4. The Labute approximate surface area is 170 Å². The van der Waals surface area contributed by atoms with Crippen molar-refractivity contribution in [3.05, 3.63) is 76.4 Å². The first-order valence-electron chi connectivity index (χ1n) is 9.01. The predicted octanol–water partition coefficient (Wildman–Crippen LogP) is 3.98. The number of ether oxygens (including phenoxy) is 1. The van der Waals surface area contributed by atoms with E-state index in [-0.39, 0.29) is 24.4 Å². The molecule has 0 fully saturated rings. The van der Waals surface area contributed by atoms with Crippen LogP contribution in [0, 0.1) is 6.92 Å². The number of amides is 1. The summed E-state index contributed by atoms with van der Waals surface area (Å²) >= 11 is 1.42. The minimum atomic E-state index is -0.178. The summed E-state index contributed by atoms with van der Waals surface area (Å²) in [6.07, 6.45) is 4.98. The van der Waals surface area contributed by atoms with Crippen LogP contribution >= 0.6 is 11.3 Å². The molecule has 0 spiro atoms. The summed E-state index contributed by atoms with van der Waals surface area (Å²) in [5.41, 5.74) is 1.43. The van der Waals surface area contributed by atoms with E-state index in [0.29, 0.717) is 27.4 Å². The lowest BCUT2D eigenvalue weighted by Gasteiger charge is -2.11. The molecule has 0 saturated carbocycles. The van der Waals surface area contributed by atoms with Gasteiger partial charge in [-0.3, -0.25) is 19.1 Å². The minimum Gasteiger partial charge on any atom is -0.455 e. The smallest absolute Gasteiger partial charge is 0.262 e. The Bertz CT molecular complexity index is 1220. The van der Waals surface area contributed by atoms with Crippen LogP contribution in [0.15, 0.2) is 65.3 Å². The van der Waals surface area contributed by atoms with Crippen molar-refractivity contribution in [1.29, 1.82) is 0 Å². The van der Waals surface area contributed by atoms with Gasteiger partial charge in [-0.05, 0) is 54.3 Å². The van der Waals surface area contributed by atoms with Gasteiger partial charge in [-0.1, -0.05) is 0 Å². The maximum Gasteiger partial charge on any atom is 0.262 e. The number of aromatic nitrogens is 3. The molecule has 4 rings (SSSR count). The number of pyridine rings is 1. The molecule has 0 unspecified atom stereocenters. The van der Waals surface area contributed by atoms with Gasteiger partial charge in [0.15, 0.2) is 0 Å². The van der Waals surface area contributed by atoms with Gasteiger partial charge in [0.2, 0.25) is 5.91 Å². The first kappa shape index (κ1) is 18.8. The number of aryl methyl sites for hydroxylation is 2. The summed E-state index contributed by atoms with van der Waals surface area (Å²) in [5.74, 6) is 1.16. The standard InChI is InChI=1S/C21H18N4O3S/c1-14-11-15(4-5-18(14)28-16-3-2-8-22-12-16)24-19(26)6-9-25-13-23-20-17(21(25)27)7-10-29-20/h2-5,7-8,10-13H,6,9H2,1H3,(H,24,26). The number of benzene rings is 1. The minimum absolute atomic E-state index is 0.128. The molecular weight excluding hydrogens is 388 g/mol. The van der Waals surface area contributed by atoms with Crippen LogP contribution < -0.4 is 15.6 Å². The molecule has 29 heavy (non-hydrogen) atoms. The molecule has 1 amide bonds. The average molecular weight is 406 g/mol. The highest BCUT2D eigenvalue weighted by Gasteiger charge is 2.09. The van der Waals surface area contributed by atoms with Crippen LogP contribution in [0.3, 0.4) is 0 Å². The lowest BCUT2D eigenvalue weighted by atomic mass is 10.2. The van der Waals surface area contributed by atoms with Gasteiger partial charge in [-0.2, -0.15) is 0 Å². The Hall–Kier alpha value is -3.52. The van der Waals surface area contributed by atoms with Crippen molar-refractivity contribution in [1.82, 2.24) is 14.5 Å². The third-order valence-electron chi connectivity index (χ3n) is 4.35. The molecule has 7 nitrogen and oxygen atoms in total. The number of nitrogens with one attached hydrogen (secondary N) is 1. The largest absolute Gasteiger partial charge is 0.455 e. The fourth-order valence-electron chi connectivity index (χ4n) is 2.87. The van der Waals surface area contributed by atoms with Crippen LogP contribution in [0.4, 0.5) is 5.69 Å². The molecule has 3 aromatic heterocycles. The zero-order valence-corrected chi connectivity index (χ0v) is 16.5. The normalized spacial score (nSPS) is 10.8. The topological polar surface area (TPSA) is 86.1 Å². The number of hydrogen-bond acceptors (Lipinski definition) is 6. The number of carbonyl (C=O) groups excluding carboxylic acids is 1.